The fraction of sp³-hybridized carbons (Fsp3) is 0.643. The third-order valence-corrected chi connectivity index (χ3v) is 3.49. The van der Waals surface area contributed by atoms with Crippen LogP contribution in [-0.2, 0) is 6.54 Å². The molecule has 0 aromatic carbocycles. The van der Waals surface area contributed by atoms with E-state index in [2.05, 4.69) is 22.0 Å². The third kappa shape index (κ3) is 3.79. The monoisotopic (exact) mass is 234 g/mol. The van der Waals surface area contributed by atoms with E-state index in [0.29, 0.717) is 0 Å². The molecule has 3 nitrogen and oxygen atoms in total. The molecule has 0 amide bonds. The highest BCUT2D eigenvalue weighted by Crippen LogP contribution is 2.22. The van der Waals surface area contributed by atoms with Crippen molar-refractivity contribution >= 4 is 0 Å². The normalized spacial score (nSPS) is 26.8. The van der Waals surface area contributed by atoms with E-state index >= 15 is 0 Å². The SMILES string of the molecule is Cc1cccc(CN2CCCC(C)(O)CC2)n1. The lowest BCUT2D eigenvalue weighted by atomic mass is 9.98. The quantitative estimate of drug-likeness (QED) is 0.851. The van der Waals surface area contributed by atoms with Crippen LogP contribution in [0.1, 0.15) is 37.6 Å². The molecular weight excluding hydrogens is 212 g/mol. The first-order chi connectivity index (χ1) is 8.05. The van der Waals surface area contributed by atoms with Crippen molar-refractivity contribution in [2.24, 2.45) is 0 Å². The number of nitrogens with zero attached hydrogens (tertiary/aromatic N) is 2. The molecule has 1 saturated heterocycles. The summed E-state index contributed by atoms with van der Waals surface area (Å²) < 4.78 is 0. The molecule has 1 aromatic rings. The van der Waals surface area contributed by atoms with Gasteiger partial charge in [0.1, 0.15) is 0 Å². The largest absolute Gasteiger partial charge is 0.390 e. The van der Waals surface area contributed by atoms with E-state index in [1.807, 2.05) is 19.9 Å². The third-order valence-electron chi connectivity index (χ3n) is 3.49. The summed E-state index contributed by atoms with van der Waals surface area (Å²) in [6, 6.07) is 6.17. The maximum Gasteiger partial charge on any atom is 0.0632 e. The number of likely N-dealkylation sites (tertiary alicyclic amines) is 1. The Morgan fingerprint density at radius 3 is 2.94 bits per heavy atom. The summed E-state index contributed by atoms with van der Waals surface area (Å²) >= 11 is 0. The summed E-state index contributed by atoms with van der Waals surface area (Å²) in [6.07, 6.45) is 2.84. The molecule has 1 N–H and O–H groups in total. The molecule has 3 heteroatoms. The zero-order valence-electron chi connectivity index (χ0n) is 10.8. The fourth-order valence-corrected chi connectivity index (χ4v) is 2.39. The van der Waals surface area contributed by atoms with Crippen LogP contribution in [0.2, 0.25) is 0 Å². The van der Waals surface area contributed by atoms with Gasteiger partial charge >= 0.3 is 0 Å². The number of hydrogen-bond acceptors (Lipinski definition) is 3. The molecular formula is C14H22N2O. The molecule has 0 aliphatic carbocycles. The number of aromatic nitrogens is 1. The van der Waals surface area contributed by atoms with E-state index < -0.39 is 5.60 Å². The average Bonchev–Trinajstić information content (AvgIpc) is 2.41. The van der Waals surface area contributed by atoms with Crippen molar-refractivity contribution in [1.82, 2.24) is 9.88 Å². The van der Waals surface area contributed by atoms with E-state index in [0.717, 1.165) is 50.3 Å². The first-order valence-electron chi connectivity index (χ1n) is 6.42. The molecule has 1 aliphatic rings. The van der Waals surface area contributed by atoms with Gasteiger partial charge < -0.3 is 5.11 Å². The van der Waals surface area contributed by atoms with Gasteiger partial charge in [-0.15, -0.1) is 0 Å². The van der Waals surface area contributed by atoms with Crippen molar-refractivity contribution in [3.8, 4) is 0 Å². The Morgan fingerprint density at radius 1 is 1.35 bits per heavy atom. The van der Waals surface area contributed by atoms with Crippen LogP contribution in [0.15, 0.2) is 18.2 Å². The average molecular weight is 234 g/mol. The molecule has 1 atom stereocenters. The Morgan fingerprint density at radius 2 is 2.18 bits per heavy atom. The molecule has 2 rings (SSSR count). The maximum absolute atomic E-state index is 10.0. The number of aryl methyl sites for hydroxylation is 1. The Kier molecular flexibility index (Phi) is 3.79. The minimum absolute atomic E-state index is 0.477. The van der Waals surface area contributed by atoms with Crippen LogP contribution in [0.4, 0.5) is 0 Å². The summed E-state index contributed by atoms with van der Waals surface area (Å²) in [6.45, 7) is 6.89. The zero-order chi connectivity index (χ0) is 12.3. The molecule has 1 aliphatic heterocycles. The Labute approximate surface area is 103 Å². The van der Waals surface area contributed by atoms with Crippen molar-refractivity contribution in [2.45, 2.75) is 45.3 Å². The van der Waals surface area contributed by atoms with Crippen molar-refractivity contribution < 1.29 is 5.11 Å². The molecule has 0 bridgehead atoms. The lowest BCUT2D eigenvalue weighted by molar-refractivity contribution is 0.0444. The molecule has 2 heterocycles. The van der Waals surface area contributed by atoms with Crippen LogP contribution in [0, 0.1) is 6.92 Å². The van der Waals surface area contributed by atoms with Crippen LogP contribution in [0.25, 0.3) is 0 Å². The predicted molar refractivity (Wildman–Crippen MR) is 68.7 cm³/mol. The number of aliphatic hydroxyl groups is 1. The Balaban J connectivity index is 1.95. The van der Waals surface area contributed by atoms with Crippen LogP contribution in [0.5, 0.6) is 0 Å². The molecule has 0 radical (unpaired) electrons. The van der Waals surface area contributed by atoms with E-state index in [9.17, 15) is 5.11 Å². The van der Waals surface area contributed by atoms with E-state index in [4.69, 9.17) is 0 Å². The zero-order valence-corrected chi connectivity index (χ0v) is 10.8. The predicted octanol–water partition coefficient (Wildman–Crippen LogP) is 2.13. The van der Waals surface area contributed by atoms with Gasteiger partial charge in [-0.1, -0.05) is 6.07 Å². The minimum Gasteiger partial charge on any atom is -0.390 e. The Bertz CT molecular complexity index is 376. The maximum atomic E-state index is 10.0. The van der Waals surface area contributed by atoms with Gasteiger partial charge in [-0.05, 0) is 51.8 Å². The van der Waals surface area contributed by atoms with Crippen molar-refractivity contribution in [3.63, 3.8) is 0 Å². The molecule has 1 fully saturated rings. The number of pyridine rings is 1. The minimum atomic E-state index is -0.477. The van der Waals surface area contributed by atoms with Gasteiger partial charge in [0.2, 0.25) is 0 Å². The first kappa shape index (κ1) is 12.5. The summed E-state index contributed by atoms with van der Waals surface area (Å²) in [5.74, 6) is 0. The van der Waals surface area contributed by atoms with Crippen LogP contribution < -0.4 is 0 Å². The standard InChI is InChI=1S/C14H22N2O/c1-12-5-3-6-13(15-12)11-16-9-4-7-14(2,17)8-10-16/h3,5-6,17H,4,7-11H2,1-2H3. The molecule has 0 spiro atoms. The highest BCUT2D eigenvalue weighted by molar-refractivity contribution is 5.09. The topological polar surface area (TPSA) is 36.4 Å². The lowest BCUT2D eigenvalue weighted by Gasteiger charge is -2.22. The Hall–Kier alpha value is -0.930. The highest BCUT2D eigenvalue weighted by Gasteiger charge is 2.24. The van der Waals surface area contributed by atoms with Gasteiger partial charge in [0.15, 0.2) is 0 Å². The first-order valence-corrected chi connectivity index (χ1v) is 6.42. The smallest absolute Gasteiger partial charge is 0.0632 e. The molecule has 94 valence electrons. The lowest BCUT2D eigenvalue weighted by Crippen LogP contribution is -2.28. The van der Waals surface area contributed by atoms with Crippen molar-refractivity contribution in [1.29, 1.82) is 0 Å². The van der Waals surface area contributed by atoms with Gasteiger partial charge in [-0.25, -0.2) is 0 Å². The van der Waals surface area contributed by atoms with Gasteiger partial charge in [-0.3, -0.25) is 9.88 Å². The van der Waals surface area contributed by atoms with E-state index in [1.165, 1.54) is 0 Å². The van der Waals surface area contributed by atoms with Gasteiger partial charge in [0, 0.05) is 18.8 Å². The van der Waals surface area contributed by atoms with E-state index in [-0.39, 0.29) is 0 Å². The molecule has 17 heavy (non-hydrogen) atoms. The van der Waals surface area contributed by atoms with Crippen LogP contribution >= 0.6 is 0 Å². The second-order valence-electron chi connectivity index (χ2n) is 5.40. The molecule has 0 saturated carbocycles. The second-order valence-corrected chi connectivity index (χ2v) is 5.40. The van der Waals surface area contributed by atoms with Crippen molar-refractivity contribution in [3.05, 3.63) is 29.6 Å². The van der Waals surface area contributed by atoms with Crippen LogP contribution in [-0.4, -0.2) is 33.7 Å². The summed E-state index contributed by atoms with van der Waals surface area (Å²) in [7, 11) is 0. The summed E-state index contributed by atoms with van der Waals surface area (Å²) in [5.41, 5.74) is 1.73. The molecule has 1 aromatic heterocycles. The van der Waals surface area contributed by atoms with E-state index in [1.54, 1.807) is 0 Å². The second kappa shape index (κ2) is 5.15. The number of rotatable bonds is 2. The van der Waals surface area contributed by atoms with Crippen molar-refractivity contribution in [2.75, 3.05) is 13.1 Å². The summed E-state index contributed by atoms with van der Waals surface area (Å²) in [4.78, 5) is 6.92. The van der Waals surface area contributed by atoms with Gasteiger partial charge in [0.25, 0.3) is 0 Å². The molecule has 1 unspecified atom stereocenters. The summed E-state index contributed by atoms with van der Waals surface area (Å²) in [5, 5.41) is 10.0. The highest BCUT2D eigenvalue weighted by atomic mass is 16.3. The number of hydrogen-bond donors (Lipinski definition) is 1. The fourth-order valence-electron chi connectivity index (χ4n) is 2.39. The van der Waals surface area contributed by atoms with Gasteiger partial charge in [-0.2, -0.15) is 0 Å². The van der Waals surface area contributed by atoms with Gasteiger partial charge in [0.05, 0.1) is 11.3 Å². The van der Waals surface area contributed by atoms with Crippen LogP contribution in [0.3, 0.4) is 0 Å².